The van der Waals surface area contributed by atoms with Crippen LogP contribution in [-0.2, 0) is 11.3 Å². The first-order chi connectivity index (χ1) is 12.2. The number of likely N-dealkylation sites (tertiary alicyclic amines) is 1. The van der Waals surface area contributed by atoms with Crippen LogP contribution in [0.25, 0.3) is 0 Å². The summed E-state index contributed by atoms with van der Waals surface area (Å²) in [5.74, 6) is -1.94. The molecule has 0 aromatic heterocycles. The van der Waals surface area contributed by atoms with Gasteiger partial charge >= 0.3 is 12.1 Å². The van der Waals surface area contributed by atoms with Crippen molar-refractivity contribution in [1.29, 1.82) is 0 Å². The fourth-order valence-electron chi connectivity index (χ4n) is 3.28. The Hall–Kier alpha value is -2.09. The van der Waals surface area contributed by atoms with Crippen molar-refractivity contribution in [1.82, 2.24) is 9.80 Å². The van der Waals surface area contributed by atoms with Gasteiger partial charge in [-0.05, 0) is 44.0 Å². The second kappa shape index (κ2) is 8.53. The summed E-state index contributed by atoms with van der Waals surface area (Å²) < 4.78 is 37.9. The zero-order valence-electron chi connectivity index (χ0n) is 14.6. The fraction of sp³-hybridized carbons (Fsp3) is 0.556. The van der Waals surface area contributed by atoms with Gasteiger partial charge in [0, 0.05) is 19.6 Å². The number of carboxylic acids is 1. The minimum absolute atomic E-state index is 0.0233. The number of alkyl halides is 3. The molecule has 1 unspecified atom stereocenters. The van der Waals surface area contributed by atoms with Crippen LogP contribution in [0.1, 0.15) is 35.7 Å². The predicted molar refractivity (Wildman–Crippen MR) is 89.7 cm³/mol. The van der Waals surface area contributed by atoms with Gasteiger partial charge in [0.2, 0.25) is 5.91 Å². The van der Waals surface area contributed by atoms with E-state index in [2.05, 4.69) is 0 Å². The molecule has 1 aromatic carbocycles. The summed E-state index contributed by atoms with van der Waals surface area (Å²) in [6, 6.07) is 6.55. The summed E-state index contributed by atoms with van der Waals surface area (Å²) in [4.78, 5) is 26.4. The Kier molecular flexibility index (Phi) is 6.63. The van der Waals surface area contributed by atoms with Gasteiger partial charge in [-0.15, -0.1) is 0 Å². The Bertz CT molecular complexity index is 649. The van der Waals surface area contributed by atoms with E-state index >= 15 is 0 Å². The van der Waals surface area contributed by atoms with Crippen LogP contribution in [0.3, 0.4) is 0 Å². The van der Waals surface area contributed by atoms with Crippen molar-refractivity contribution >= 4 is 11.9 Å². The number of hydrogen-bond donors (Lipinski definition) is 1. The number of piperidine rings is 1. The van der Waals surface area contributed by atoms with Gasteiger partial charge in [0.05, 0.1) is 11.5 Å². The van der Waals surface area contributed by atoms with Gasteiger partial charge in [0.25, 0.3) is 0 Å². The average Bonchev–Trinajstić information content (AvgIpc) is 2.58. The molecule has 1 atom stereocenters. The lowest BCUT2D eigenvalue weighted by Crippen LogP contribution is -2.47. The Balaban J connectivity index is 2.01. The minimum atomic E-state index is -4.41. The highest BCUT2D eigenvalue weighted by molar-refractivity contribution is 5.87. The van der Waals surface area contributed by atoms with Crippen LogP contribution in [0.2, 0.25) is 0 Å². The highest BCUT2D eigenvalue weighted by atomic mass is 19.4. The van der Waals surface area contributed by atoms with Crippen molar-refractivity contribution in [3.63, 3.8) is 0 Å². The van der Waals surface area contributed by atoms with E-state index in [1.807, 2.05) is 4.90 Å². The van der Waals surface area contributed by atoms with Crippen LogP contribution < -0.4 is 0 Å². The number of carboxylic acid groups (broad SMARTS) is 1. The van der Waals surface area contributed by atoms with Crippen LogP contribution in [0.5, 0.6) is 0 Å². The molecule has 0 bridgehead atoms. The third kappa shape index (κ3) is 5.72. The molecule has 1 aromatic rings. The molecule has 26 heavy (non-hydrogen) atoms. The van der Waals surface area contributed by atoms with Crippen molar-refractivity contribution in [3.05, 3.63) is 35.4 Å². The van der Waals surface area contributed by atoms with Gasteiger partial charge < -0.3 is 10.0 Å². The smallest absolute Gasteiger partial charge is 0.406 e. The van der Waals surface area contributed by atoms with Gasteiger partial charge in [-0.25, -0.2) is 4.79 Å². The van der Waals surface area contributed by atoms with Gasteiger partial charge in [-0.1, -0.05) is 12.1 Å². The maximum absolute atomic E-state index is 12.6. The Labute approximate surface area is 150 Å². The molecule has 1 heterocycles. The van der Waals surface area contributed by atoms with Crippen molar-refractivity contribution in [2.75, 3.05) is 26.2 Å². The van der Waals surface area contributed by atoms with Crippen LogP contribution >= 0.6 is 0 Å². The van der Waals surface area contributed by atoms with E-state index in [9.17, 15) is 22.8 Å². The van der Waals surface area contributed by atoms with Gasteiger partial charge in [0.1, 0.15) is 6.54 Å². The standard InChI is InChI=1S/C18H23F3N2O3/c1-2-23(12-18(19,20)21)16(24)15-7-4-8-22(11-15)10-13-5-3-6-14(9-13)17(25)26/h3,5-6,9,15H,2,4,7-8,10-12H2,1H3,(H,25,26). The summed E-state index contributed by atoms with van der Waals surface area (Å²) in [5, 5.41) is 9.06. The third-order valence-electron chi connectivity index (χ3n) is 4.50. The Morgan fingerprint density at radius 1 is 1.35 bits per heavy atom. The summed E-state index contributed by atoms with van der Waals surface area (Å²) >= 11 is 0. The van der Waals surface area contributed by atoms with Crippen molar-refractivity contribution < 1.29 is 27.9 Å². The number of hydrogen-bond acceptors (Lipinski definition) is 3. The molecule has 1 aliphatic rings. The molecular weight excluding hydrogens is 349 g/mol. The topological polar surface area (TPSA) is 60.9 Å². The van der Waals surface area contributed by atoms with E-state index < -0.39 is 30.5 Å². The van der Waals surface area contributed by atoms with E-state index in [0.717, 1.165) is 23.4 Å². The molecule has 0 saturated carbocycles. The first-order valence-electron chi connectivity index (χ1n) is 8.59. The van der Waals surface area contributed by atoms with Crippen LogP contribution in [0, 0.1) is 5.92 Å². The van der Waals surface area contributed by atoms with E-state index in [0.29, 0.717) is 19.5 Å². The Morgan fingerprint density at radius 2 is 2.08 bits per heavy atom. The number of benzene rings is 1. The predicted octanol–water partition coefficient (Wildman–Crippen LogP) is 3.01. The maximum atomic E-state index is 12.6. The monoisotopic (exact) mass is 372 g/mol. The first kappa shape index (κ1) is 20.2. The zero-order chi connectivity index (χ0) is 19.3. The number of halogens is 3. The first-order valence-corrected chi connectivity index (χ1v) is 8.59. The minimum Gasteiger partial charge on any atom is -0.478 e. The number of aromatic carboxylic acids is 1. The summed E-state index contributed by atoms with van der Waals surface area (Å²) in [7, 11) is 0. The number of carbonyl (C=O) groups is 2. The van der Waals surface area contributed by atoms with Crippen molar-refractivity contribution in [3.8, 4) is 0 Å². The van der Waals surface area contributed by atoms with Crippen molar-refractivity contribution in [2.24, 2.45) is 5.92 Å². The molecule has 1 aliphatic heterocycles. The molecule has 144 valence electrons. The molecular formula is C18H23F3N2O3. The second-order valence-corrected chi connectivity index (χ2v) is 6.55. The number of nitrogens with zero attached hydrogens (tertiary/aromatic N) is 2. The quantitative estimate of drug-likeness (QED) is 0.834. The van der Waals surface area contributed by atoms with E-state index in [1.54, 1.807) is 25.1 Å². The molecule has 0 spiro atoms. The fourth-order valence-corrected chi connectivity index (χ4v) is 3.28. The van der Waals surface area contributed by atoms with E-state index in [1.165, 1.54) is 6.07 Å². The normalized spacial score (nSPS) is 18.5. The lowest BCUT2D eigenvalue weighted by atomic mass is 9.95. The van der Waals surface area contributed by atoms with Gasteiger partial charge in [-0.3, -0.25) is 9.69 Å². The largest absolute Gasteiger partial charge is 0.478 e. The highest BCUT2D eigenvalue weighted by Crippen LogP contribution is 2.23. The van der Waals surface area contributed by atoms with Crippen LogP contribution in [-0.4, -0.2) is 59.1 Å². The molecule has 5 nitrogen and oxygen atoms in total. The zero-order valence-corrected chi connectivity index (χ0v) is 14.6. The maximum Gasteiger partial charge on any atom is 0.406 e. The van der Waals surface area contributed by atoms with Crippen LogP contribution in [0.15, 0.2) is 24.3 Å². The lowest BCUT2D eigenvalue weighted by molar-refractivity contribution is -0.164. The molecule has 8 heteroatoms. The SMILES string of the molecule is CCN(CC(F)(F)F)C(=O)C1CCCN(Cc2cccc(C(=O)O)c2)C1. The van der Waals surface area contributed by atoms with Gasteiger partial charge in [0.15, 0.2) is 0 Å². The molecule has 0 aliphatic carbocycles. The second-order valence-electron chi connectivity index (χ2n) is 6.55. The number of rotatable bonds is 6. The Morgan fingerprint density at radius 3 is 2.69 bits per heavy atom. The summed E-state index contributed by atoms with van der Waals surface area (Å²) in [6.07, 6.45) is -3.12. The summed E-state index contributed by atoms with van der Waals surface area (Å²) in [5.41, 5.74) is 0.995. The third-order valence-corrected chi connectivity index (χ3v) is 4.50. The van der Waals surface area contributed by atoms with Gasteiger partial charge in [-0.2, -0.15) is 13.2 Å². The molecule has 1 N–H and O–H groups in total. The average molecular weight is 372 g/mol. The molecule has 1 saturated heterocycles. The molecule has 2 rings (SSSR count). The van der Waals surface area contributed by atoms with E-state index in [4.69, 9.17) is 5.11 Å². The highest BCUT2D eigenvalue weighted by Gasteiger charge is 2.36. The van der Waals surface area contributed by atoms with Crippen LogP contribution in [0.4, 0.5) is 13.2 Å². The lowest BCUT2D eigenvalue weighted by Gasteiger charge is -2.35. The summed E-state index contributed by atoms with van der Waals surface area (Å²) in [6.45, 7) is 1.92. The number of amides is 1. The number of carbonyl (C=O) groups excluding carboxylic acids is 1. The molecule has 1 fully saturated rings. The van der Waals surface area contributed by atoms with Crippen molar-refractivity contribution in [2.45, 2.75) is 32.5 Å². The molecule has 0 radical (unpaired) electrons. The van der Waals surface area contributed by atoms with E-state index in [-0.39, 0.29) is 12.1 Å². The molecule has 1 amide bonds.